The summed E-state index contributed by atoms with van der Waals surface area (Å²) in [5, 5.41) is 0. The third-order valence-corrected chi connectivity index (χ3v) is 3.33. The summed E-state index contributed by atoms with van der Waals surface area (Å²) < 4.78 is 33.4. The van der Waals surface area contributed by atoms with Crippen LogP contribution in [0, 0.1) is 0 Å². The van der Waals surface area contributed by atoms with Crippen molar-refractivity contribution >= 4 is 17.0 Å². The zero-order chi connectivity index (χ0) is 12.4. The lowest BCUT2D eigenvalue weighted by Crippen LogP contribution is -2.33. The van der Waals surface area contributed by atoms with E-state index in [1.807, 2.05) is 0 Å². The van der Waals surface area contributed by atoms with Crippen LogP contribution in [0.5, 0.6) is 0 Å². The van der Waals surface area contributed by atoms with Crippen molar-refractivity contribution in [2.45, 2.75) is 44.6 Å². The van der Waals surface area contributed by atoms with Gasteiger partial charge < -0.3 is 18.6 Å². The highest BCUT2D eigenvalue weighted by molar-refractivity contribution is 8.20. The van der Waals surface area contributed by atoms with Crippen LogP contribution in [0.25, 0.3) is 0 Å². The van der Waals surface area contributed by atoms with Gasteiger partial charge >= 0.3 is 6.16 Å². The standard InChI is InChI=1S/C9H18O6S/c1-9(2,3)15-8(10)14-7-5-4-6-13-16(7,11)12/h7,11-12H,4-6H2,1-3H3. The molecule has 1 aliphatic heterocycles. The number of rotatable bonds is 1. The van der Waals surface area contributed by atoms with E-state index in [1.165, 1.54) is 0 Å². The number of hydrogen-bond acceptors (Lipinski definition) is 6. The Morgan fingerprint density at radius 3 is 2.56 bits per heavy atom. The molecule has 0 aliphatic carbocycles. The maximum absolute atomic E-state index is 11.3. The normalized spacial score (nSPS) is 26.9. The van der Waals surface area contributed by atoms with Crippen molar-refractivity contribution in [3.05, 3.63) is 0 Å². The summed E-state index contributed by atoms with van der Waals surface area (Å²) in [4.78, 5) is 11.3. The lowest BCUT2D eigenvalue weighted by Gasteiger charge is -2.37. The van der Waals surface area contributed by atoms with Crippen LogP contribution in [0.2, 0.25) is 0 Å². The molecule has 0 bridgehead atoms. The van der Waals surface area contributed by atoms with E-state index in [1.54, 1.807) is 20.8 Å². The maximum atomic E-state index is 11.3. The van der Waals surface area contributed by atoms with Crippen LogP contribution in [-0.4, -0.2) is 32.9 Å². The van der Waals surface area contributed by atoms with Gasteiger partial charge in [0.2, 0.25) is 5.44 Å². The largest absolute Gasteiger partial charge is 0.510 e. The van der Waals surface area contributed by atoms with Crippen molar-refractivity contribution in [1.82, 2.24) is 0 Å². The molecule has 1 unspecified atom stereocenters. The number of hydrogen-bond donors (Lipinski definition) is 2. The molecule has 1 rings (SSSR count). The Labute approximate surface area is 96.4 Å². The van der Waals surface area contributed by atoms with Crippen LogP contribution < -0.4 is 0 Å². The van der Waals surface area contributed by atoms with E-state index >= 15 is 0 Å². The van der Waals surface area contributed by atoms with E-state index in [0.717, 1.165) is 0 Å². The second-order valence-corrected chi connectivity index (χ2v) is 6.35. The Morgan fingerprint density at radius 2 is 2.06 bits per heavy atom. The van der Waals surface area contributed by atoms with Gasteiger partial charge in [0.05, 0.1) is 6.61 Å². The molecule has 0 aromatic rings. The first kappa shape index (κ1) is 13.6. The summed E-state index contributed by atoms with van der Waals surface area (Å²) in [5.41, 5.74) is -1.70. The van der Waals surface area contributed by atoms with E-state index in [-0.39, 0.29) is 6.61 Å². The molecule has 0 amide bonds. The summed E-state index contributed by atoms with van der Waals surface area (Å²) in [6.07, 6.45) is 0.0632. The van der Waals surface area contributed by atoms with Crippen LogP contribution >= 0.6 is 10.9 Å². The highest BCUT2D eigenvalue weighted by atomic mass is 32.3. The zero-order valence-corrected chi connectivity index (χ0v) is 10.5. The van der Waals surface area contributed by atoms with Gasteiger partial charge in [-0.05, 0) is 27.2 Å². The molecule has 16 heavy (non-hydrogen) atoms. The summed E-state index contributed by atoms with van der Waals surface area (Å²) >= 11 is 0. The Morgan fingerprint density at radius 1 is 1.44 bits per heavy atom. The third kappa shape index (κ3) is 4.17. The fourth-order valence-electron chi connectivity index (χ4n) is 1.16. The Hall–Kier alpha value is -0.500. The minimum atomic E-state index is -3.30. The molecule has 1 saturated heterocycles. The molecule has 0 aromatic heterocycles. The molecule has 2 N–H and O–H groups in total. The lowest BCUT2D eigenvalue weighted by atomic mass is 10.2. The Kier molecular flexibility index (Phi) is 4.06. The minimum Gasteiger partial charge on any atom is -0.429 e. The first-order valence-electron chi connectivity index (χ1n) is 5.02. The summed E-state index contributed by atoms with van der Waals surface area (Å²) in [6.45, 7) is 5.35. The van der Waals surface area contributed by atoms with E-state index in [4.69, 9.17) is 13.7 Å². The fourth-order valence-corrected chi connectivity index (χ4v) is 2.36. The van der Waals surface area contributed by atoms with Crippen molar-refractivity contribution in [2.24, 2.45) is 0 Å². The molecule has 7 heteroatoms. The predicted molar refractivity (Wildman–Crippen MR) is 59.1 cm³/mol. The molecular weight excluding hydrogens is 236 g/mol. The van der Waals surface area contributed by atoms with Gasteiger partial charge in [-0.15, -0.1) is 0 Å². The second kappa shape index (κ2) is 4.79. The van der Waals surface area contributed by atoms with Crippen molar-refractivity contribution in [3.8, 4) is 0 Å². The SMILES string of the molecule is CC(C)(C)OC(=O)OC1CCCOS1(O)O. The molecule has 0 saturated carbocycles. The number of ether oxygens (including phenoxy) is 2. The van der Waals surface area contributed by atoms with Crippen LogP contribution in [0.15, 0.2) is 0 Å². The topological polar surface area (TPSA) is 85.2 Å². The Bertz CT molecular complexity index is 259. The van der Waals surface area contributed by atoms with Crippen molar-refractivity contribution in [1.29, 1.82) is 0 Å². The van der Waals surface area contributed by atoms with Gasteiger partial charge in [-0.25, -0.2) is 4.79 Å². The highest BCUT2D eigenvalue weighted by Crippen LogP contribution is 2.50. The molecule has 0 aromatic carbocycles. The van der Waals surface area contributed by atoms with Crippen molar-refractivity contribution < 1.29 is 27.6 Å². The van der Waals surface area contributed by atoms with Gasteiger partial charge in [0, 0.05) is 6.42 Å². The van der Waals surface area contributed by atoms with E-state index < -0.39 is 28.1 Å². The molecular formula is C9H18O6S. The molecule has 6 nitrogen and oxygen atoms in total. The smallest absolute Gasteiger partial charge is 0.429 e. The number of carbonyl (C=O) groups excluding carboxylic acids is 1. The third-order valence-electron chi connectivity index (χ3n) is 1.80. The van der Waals surface area contributed by atoms with Crippen LogP contribution in [0.1, 0.15) is 33.6 Å². The molecule has 1 heterocycles. The minimum absolute atomic E-state index is 0.260. The molecule has 1 aliphatic rings. The molecule has 0 radical (unpaired) electrons. The van der Waals surface area contributed by atoms with Crippen molar-refractivity contribution in [3.63, 3.8) is 0 Å². The predicted octanol–water partition coefficient (Wildman–Crippen LogP) is 2.74. The highest BCUT2D eigenvalue weighted by Gasteiger charge is 2.38. The molecule has 96 valence electrons. The summed E-state index contributed by atoms with van der Waals surface area (Å²) in [6, 6.07) is 0. The van der Waals surface area contributed by atoms with E-state index in [0.29, 0.717) is 12.8 Å². The maximum Gasteiger partial charge on any atom is 0.510 e. The average Bonchev–Trinajstić information content (AvgIpc) is 2.05. The molecule has 0 spiro atoms. The van der Waals surface area contributed by atoms with Gasteiger partial charge in [-0.1, -0.05) is 0 Å². The van der Waals surface area contributed by atoms with Gasteiger partial charge in [0.15, 0.2) is 0 Å². The number of carbonyl (C=O) groups is 1. The van der Waals surface area contributed by atoms with Gasteiger partial charge in [-0.3, -0.25) is 4.18 Å². The van der Waals surface area contributed by atoms with Crippen LogP contribution in [0.3, 0.4) is 0 Å². The van der Waals surface area contributed by atoms with E-state index in [2.05, 4.69) is 0 Å². The van der Waals surface area contributed by atoms with Crippen LogP contribution in [-0.2, 0) is 13.7 Å². The zero-order valence-electron chi connectivity index (χ0n) is 9.63. The summed E-state index contributed by atoms with van der Waals surface area (Å²) in [5.74, 6) is 0. The monoisotopic (exact) mass is 254 g/mol. The Balaban J connectivity index is 2.49. The second-order valence-electron chi connectivity index (χ2n) is 4.51. The summed E-state index contributed by atoms with van der Waals surface area (Å²) in [7, 11) is -3.30. The quantitative estimate of drug-likeness (QED) is 0.700. The van der Waals surface area contributed by atoms with Crippen molar-refractivity contribution in [2.75, 3.05) is 6.61 Å². The van der Waals surface area contributed by atoms with Gasteiger partial charge in [0.1, 0.15) is 16.5 Å². The molecule has 1 fully saturated rings. The average molecular weight is 254 g/mol. The van der Waals surface area contributed by atoms with Gasteiger partial charge in [-0.2, -0.15) is 0 Å². The fraction of sp³-hybridized carbons (Fsp3) is 0.889. The van der Waals surface area contributed by atoms with Gasteiger partial charge in [0.25, 0.3) is 0 Å². The first-order chi connectivity index (χ1) is 7.21. The van der Waals surface area contributed by atoms with Crippen LogP contribution in [0.4, 0.5) is 4.79 Å². The van der Waals surface area contributed by atoms with E-state index in [9.17, 15) is 13.9 Å². The molecule has 1 atom stereocenters. The first-order valence-corrected chi connectivity index (χ1v) is 6.55. The lowest BCUT2D eigenvalue weighted by molar-refractivity contribution is -0.0222.